The molecule has 0 radical (unpaired) electrons. The smallest absolute Gasteiger partial charge is 0.332 e. The Bertz CT molecular complexity index is 479. The van der Waals surface area contributed by atoms with Crippen molar-refractivity contribution in [2.75, 3.05) is 11.9 Å². The molecule has 1 N–H and O–H groups in total. The van der Waals surface area contributed by atoms with E-state index in [1.165, 1.54) is 0 Å². The molecule has 1 atom stereocenters. The monoisotopic (exact) mass is 361 g/mol. The average Bonchev–Trinajstić information content (AvgIpc) is 2.40. The molecule has 0 heterocycles. The molecule has 1 rings (SSSR count). The molecule has 0 saturated heterocycles. The van der Waals surface area contributed by atoms with E-state index in [9.17, 15) is 4.79 Å². The first-order valence-electron chi connectivity index (χ1n) is 6.77. The standard InChI is InChI=1S/C15H21BrClNO2/c1-5-15(10(3)4,14(19)20-6-2)18-11-7-8-13(17)12(16)9-11/h7-10,18H,5-6H2,1-4H3. The molecule has 0 aliphatic heterocycles. The molecule has 0 aliphatic rings. The Hall–Kier alpha value is -0.740. The summed E-state index contributed by atoms with van der Waals surface area (Å²) >= 11 is 9.39. The third-order valence-corrected chi connectivity index (χ3v) is 4.68. The Kier molecular flexibility index (Phi) is 6.34. The second-order valence-electron chi connectivity index (χ2n) is 4.95. The third kappa shape index (κ3) is 3.67. The van der Waals surface area contributed by atoms with Crippen LogP contribution in [0.5, 0.6) is 0 Å². The summed E-state index contributed by atoms with van der Waals surface area (Å²) < 4.78 is 6.04. The first kappa shape index (κ1) is 17.3. The number of benzene rings is 1. The van der Waals surface area contributed by atoms with E-state index >= 15 is 0 Å². The van der Waals surface area contributed by atoms with Gasteiger partial charge in [-0.3, -0.25) is 0 Å². The average molecular weight is 363 g/mol. The molecular weight excluding hydrogens is 342 g/mol. The number of hydrogen-bond acceptors (Lipinski definition) is 3. The van der Waals surface area contributed by atoms with Gasteiger partial charge in [-0.1, -0.05) is 32.4 Å². The van der Waals surface area contributed by atoms with Gasteiger partial charge in [0.05, 0.1) is 11.6 Å². The van der Waals surface area contributed by atoms with Crippen LogP contribution in [-0.2, 0) is 9.53 Å². The number of halogens is 2. The highest BCUT2D eigenvalue weighted by Crippen LogP contribution is 2.31. The van der Waals surface area contributed by atoms with E-state index in [1.54, 1.807) is 6.07 Å². The van der Waals surface area contributed by atoms with Gasteiger partial charge in [0.2, 0.25) is 0 Å². The molecule has 20 heavy (non-hydrogen) atoms. The Labute approximate surface area is 134 Å². The van der Waals surface area contributed by atoms with Crippen molar-refractivity contribution in [2.45, 2.75) is 39.7 Å². The number of ether oxygens (including phenoxy) is 1. The number of rotatable bonds is 6. The fraction of sp³-hybridized carbons (Fsp3) is 0.533. The molecule has 0 aromatic heterocycles. The van der Waals surface area contributed by atoms with E-state index in [0.29, 0.717) is 18.1 Å². The lowest BCUT2D eigenvalue weighted by atomic mass is 9.83. The van der Waals surface area contributed by atoms with Crippen molar-refractivity contribution in [2.24, 2.45) is 5.92 Å². The zero-order valence-corrected chi connectivity index (χ0v) is 14.6. The molecular formula is C15H21BrClNO2. The first-order valence-corrected chi connectivity index (χ1v) is 7.95. The molecule has 1 unspecified atom stereocenters. The molecule has 3 nitrogen and oxygen atoms in total. The lowest BCUT2D eigenvalue weighted by molar-refractivity contribution is -0.150. The van der Waals surface area contributed by atoms with Crippen LogP contribution in [0.3, 0.4) is 0 Å². The van der Waals surface area contributed by atoms with Crippen LogP contribution in [0.25, 0.3) is 0 Å². The molecule has 1 aromatic rings. The molecule has 0 spiro atoms. The minimum absolute atomic E-state index is 0.0982. The minimum Gasteiger partial charge on any atom is -0.464 e. The predicted octanol–water partition coefficient (Wildman–Crippen LogP) is 4.88. The highest BCUT2D eigenvalue weighted by molar-refractivity contribution is 9.10. The Morgan fingerprint density at radius 1 is 1.45 bits per heavy atom. The number of hydrogen-bond donors (Lipinski definition) is 1. The normalized spacial score (nSPS) is 13.9. The summed E-state index contributed by atoms with van der Waals surface area (Å²) in [5.74, 6) is -0.121. The van der Waals surface area contributed by atoms with Crippen LogP contribution < -0.4 is 5.32 Å². The lowest BCUT2D eigenvalue weighted by Gasteiger charge is -2.36. The van der Waals surface area contributed by atoms with Crippen molar-refractivity contribution in [3.05, 3.63) is 27.7 Å². The summed E-state index contributed by atoms with van der Waals surface area (Å²) in [6.07, 6.45) is 0.643. The van der Waals surface area contributed by atoms with Crippen molar-refractivity contribution >= 4 is 39.2 Å². The largest absolute Gasteiger partial charge is 0.464 e. The van der Waals surface area contributed by atoms with Crippen molar-refractivity contribution in [3.8, 4) is 0 Å². The molecule has 0 saturated carbocycles. The van der Waals surface area contributed by atoms with E-state index in [0.717, 1.165) is 10.2 Å². The van der Waals surface area contributed by atoms with Crippen molar-refractivity contribution in [1.29, 1.82) is 0 Å². The molecule has 1 aromatic carbocycles. The summed E-state index contributed by atoms with van der Waals surface area (Å²) in [7, 11) is 0. The zero-order valence-electron chi connectivity index (χ0n) is 12.3. The highest BCUT2D eigenvalue weighted by atomic mass is 79.9. The van der Waals surface area contributed by atoms with Crippen LogP contribution in [-0.4, -0.2) is 18.1 Å². The van der Waals surface area contributed by atoms with Gasteiger partial charge in [-0.25, -0.2) is 4.79 Å². The predicted molar refractivity (Wildman–Crippen MR) is 87.3 cm³/mol. The Balaban J connectivity index is 3.11. The van der Waals surface area contributed by atoms with Crippen molar-refractivity contribution < 1.29 is 9.53 Å². The summed E-state index contributed by atoms with van der Waals surface area (Å²) in [6.45, 7) is 8.20. The minimum atomic E-state index is -0.733. The van der Waals surface area contributed by atoms with Gasteiger partial charge < -0.3 is 10.1 Å². The summed E-state index contributed by atoms with van der Waals surface area (Å²) in [5.41, 5.74) is 0.105. The van der Waals surface area contributed by atoms with E-state index in [2.05, 4.69) is 21.2 Å². The van der Waals surface area contributed by atoms with Crippen LogP contribution >= 0.6 is 27.5 Å². The Morgan fingerprint density at radius 2 is 2.10 bits per heavy atom. The van der Waals surface area contributed by atoms with Crippen molar-refractivity contribution in [1.82, 2.24) is 0 Å². The van der Waals surface area contributed by atoms with Crippen LogP contribution in [0.4, 0.5) is 5.69 Å². The van der Waals surface area contributed by atoms with Crippen molar-refractivity contribution in [3.63, 3.8) is 0 Å². The summed E-state index contributed by atoms with van der Waals surface area (Å²) in [6, 6.07) is 5.52. The van der Waals surface area contributed by atoms with Gasteiger partial charge in [-0.15, -0.1) is 0 Å². The van der Waals surface area contributed by atoms with E-state index in [1.807, 2.05) is 39.8 Å². The van der Waals surface area contributed by atoms with Gasteiger partial charge in [0.15, 0.2) is 0 Å². The fourth-order valence-corrected chi connectivity index (χ4v) is 2.66. The van der Waals surface area contributed by atoms with E-state index in [-0.39, 0.29) is 11.9 Å². The van der Waals surface area contributed by atoms with Gasteiger partial charge in [0.1, 0.15) is 5.54 Å². The SMILES string of the molecule is CCOC(=O)C(CC)(Nc1ccc(Cl)c(Br)c1)C(C)C. The maximum atomic E-state index is 12.4. The number of esters is 1. The topological polar surface area (TPSA) is 38.3 Å². The molecule has 5 heteroatoms. The summed E-state index contributed by atoms with van der Waals surface area (Å²) in [4.78, 5) is 12.4. The van der Waals surface area contributed by atoms with Gasteiger partial charge >= 0.3 is 5.97 Å². The molecule has 0 amide bonds. The van der Waals surface area contributed by atoms with E-state index in [4.69, 9.17) is 16.3 Å². The van der Waals surface area contributed by atoms with E-state index < -0.39 is 5.54 Å². The second-order valence-corrected chi connectivity index (χ2v) is 6.22. The molecule has 0 bridgehead atoms. The van der Waals surface area contributed by atoms with Gasteiger partial charge in [-0.05, 0) is 53.4 Å². The molecule has 112 valence electrons. The van der Waals surface area contributed by atoms with Crippen LogP contribution in [0, 0.1) is 5.92 Å². The lowest BCUT2D eigenvalue weighted by Crippen LogP contribution is -2.51. The number of nitrogens with one attached hydrogen (secondary N) is 1. The van der Waals surface area contributed by atoms with Gasteiger partial charge in [0.25, 0.3) is 0 Å². The Morgan fingerprint density at radius 3 is 2.55 bits per heavy atom. The highest BCUT2D eigenvalue weighted by Gasteiger charge is 2.41. The fourth-order valence-electron chi connectivity index (χ4n) is 2.16. The zero-order chi connectivity index (χ0) is 15.3. The van der Waals surface area contributed by atoms with Gasteiger partial charge in [-0.2, -0.15) is 0 Å². The molecule has 0 fully saturated rings. The van der Waals surface area contributed by atoms with Crippen LogP contribution in [0.15, 0.2) is 22.7 Å². The van der Waals surface area contributed by atoms with Crippen LogP contribution in [0.2, 0.25) is 5.02 Å². The number of carbonyl (C=O) groups excluding carboxylic acids is 1. The number of carbonyl (C=O) groups is 1. The maximum Gasteiger partial charge on any atom is 0.332 e. The molecule has 0 aliphatic carbocycles. The van der Waals surface area contributed by atoms with Gasteiger partial charge in [0, 0.05) is 10.2 Å². The number of anilines is 1. The maximum absolute atomic E-state index is 12.4. The quantitative estimate of drug-likeness (QED) is 0.733. The summed E-state index contributed by atoms with van der Waals surface area (Å²) in [5, 5.41) is 3.97. The second kappa shape index (κ2) is 7.32. The third-order valence-electron chi connectivity index (χ3n) is 3.47. The van der Waals surface area contributed by atoms with Crippen LogP contribution in [0.1, 0.15) is 34.1 Å². The first-order chi connectivity index (χ1) is 9.37.